The molecule has 1 aromatic heterocycles. The smallest absolute Gasteiger partial charge is 0.406 e. The largest absolute Gasteiger partial charge is 0.573 e. The van der Waals surface area contributed by atoms with Crippen molar-refractivity contribution in [2.45, 2.75) is 71.1 Å². The number of aryl methyl sites for hydroxylation is 1. The number of rotatable bonds is 8. The van der Waals surface area contributed by atoms with Crippen molar-refractivity contribution in [1.82, 2.24) is 25.3 Å². The third kappa shape index (κ3) is 6.99. The van der Waals surface area contributed by atoms with Gasteiger partial charge in [0.25, 0.3) is 0 Å². The van der Waals surface area contributed by atoms with Gasteiger partial charge in [0.1, 0.15) is 5.75 Å². The van der Waals surface area contributed by atoms with Crippen LogP contribution in [0.4, 0.5) is 13.2 Å². The summed E-state index contributed by atoms with van der Waals surface area (Å²) >= 11 is 0. The molecule has 1 unspecified atom stereocenters. The van der Waals surface area contributed by atoms with Gasteiger partial charge < -0.3 is 24.2 Å². The lowest BCUT2D eigenvalue weighted by molar-refractivity contribution is -0.274. The first-order valence-electron chi connectivity index (χ1n) is 15.2. The number of aromatic nitrogens is 2. The number of ether oxygens (including phenoxy) is 2. The monoisotopic (exact) mass is 627 g/mol. The molecule has 2 aromatic carbocycles. The van der Waals surface area contributed by atoms with E-state index in [-0.39, 0.29) is 54.6 Å². The number of morpholine rings is 1. The van der Waals surface area contributed by atoms with E-state index in [4.69, 9.17) is 9.26 Å². The van der Waals surface area contributed by atoms with Crippen LogP contribution in [0.5, 0.6) is 5.75 Å². The van der Waals surface area contributed by atoms with Crippen molar-refractivity contribution < 1.29 is 36.8 Å². The lowest BCUT2D eigenvalue weighted by atomic mass is 9.87. The van der Waals surface area contributed by atoms with Crippen LogP contribution in [-0.2, 0) is 33.8 Å². The van der Waals surface area contributed by atoms with Crippen LogP contribution in [0, 0.1) is 12.8 Å². The van der Waals surface area contributed by atoms with Gasteiger partial charge in [0.2, 0.25) is 17.7 Å². The molecule has 0 bridgehead atoms. The highest BCUT2D eigenvalue weighted by Gasteiger charge is 2.47. The lowest BCUT2D eigenvalue weighted by Gasteiger charge is -2.40. The van der Waals surface area contributed by atoms with Crippen LogP contribution in [0.25, 0.3) is 11.1 Å². The summed E-state index contributed by atoms with van der Waals surface area (Å²) in [7, 11) is 0. The Kier molecular flexibility index (Phi) is 8.57. The number of carbonyl (C=O) groups excluding carboxylic acids is 2. The molecule has 0 radical (unpaired) electrons. The van der Waals surface area contributed by atoms with Crippen LogP contribution in [0.15, 0.2) is 40.9 Å². The second-order valence-corrected chi connectivity index (χ2v) is 12.1. The van der Waals surface area contributed by atoms with Crippen molar-refractivity contribution in [1.29, 1.82) is 0 Å². The summed E-state index contributed by atoms with van der Waals surface area (Å²) in [5.74, 6) is 0.277. The molecule has 3 heterocycles. The fourth-order valence-electron chi connectivity index (χ4n) is 6.53. The van der Waals surface area contributed by atoms with Crippen molar-refractivity contribution in [3.8, 4) is 16.9 Å². The SMILES string of the molecule is Cc1noc([C@@H]2CC2C(=O)NCc2ccc(-c3cccc(OC(F)(F)F)c3)c3c2CN(CC(=O)N2[C@H](C)COC[C@H]2C)CC3)n1. The Hall–Kier alpha value is -3.97. The molecule has 4 atom stereocenters. The summed E-state index contributed by atoms with van der Waals surface area (Å²) < 4.78 is 53.9. The standard InChI is InChI=1S/C32H36F3N5O5/c1-18-16-43-17-19(2)40(18)29(41)15-39-10-9-25-24(21-5-4-6-23(11-21)44-32(33,34)35)8-7-22(28(25)14-39)13-36-30(42)26-12-27(26)31-37-20(3)38-45-31/h4-8,11,18-19,26-27H,9-10,12-17H2,1-3H3,(H,36,42)/t18-,19-,26?,27-/m1/s1. The number of hydrogen-bond donors (Lipinski definition) is 1. The third-order valence-corrected chi connectivity index (χ3v) is 8.72. The molecular weight excluding hydrogens is 591 g/mol. The van der Waals surface area contributed by atoms with Crippen LogP contribution >= 0.6 is 0 Å². The first-order valence-corrected chi connectivity index (χ1v) is 15.2. The number of amides is 2. The van der Waals surface area contributed by atoms with E-state index in [1.165, 1.54) is 18.2 Å². The average molecular weight is 628 g/mol. The van der Waals surface area contributed by atoms with Gasteiger partial charge in [-0.1, -0.05) is 29.4 Å². The van der Waals surface area contributed by atoms with Gasteiger partial charge in [-0.3, -0.25) is 14.5 Å². The number of hydrogen-bond acceptors (Lipinski definition) is 8. The van der Waals surface area contributed by atoms with E-state index >= 15 is 0 Å². The molecule has 45 heavy (non-hydrogen) atoms. The minimum Gasteiger partial charge on any atom is -0.406 e. The van der Waals surface area contributed by atoms with Crippen LogP contribution < -0.4 is 10.1 Å². The third-order valence-electron chi connectivity index (χ3n) is 8.72. The summed E-state index contributed by atoms with van der Waals surface area (Å²) in [6, 6.07) is 9.67. The van der Waals surface area contributed by atoms with Crippen molar-refractivity contribution in [2.75, 3.05) is 26.3 Å². The van der Waals surface area contributed by atoms with E-state index in [0.29, 0.717) is 56.4 Å². The van der Waals surface area contributed by atoms with E-state index in [1.807, 2.05) is 30.9 Å². The molecule has 1 aliphatic carbocycles. The average Bonchev–Trinajstić information content (AvgIpc) is 3.67. The number of halogens is 3. The quantitative estimate of drug-likeness (QED) is 0.393. The van der Waals surface area contributed by atoms with Crippen molar-refractivity contribution in [3.63, 3.8) is 0 Å². The van der Waals surface area contributed by atoms with Gasteiger partial charge in [-0.05, 0) is 73.6 Å². The Morgan fingerprint density at radius 2 is 1.89 bits per heavy atom. The van der Waals surface area contributed by atoms with Crippen LogP contribution in [0.3, 0.4) is 0 Å². The van der Waals surface area contributed by atoms with Crippen molar-refractivity contribution in [2.24, 2.45) is 5.92 Å². The number of alkyl halides is 3. The molecule has 2 aliphatic heterocycles. The molecule has 3 aromatic rings. The van der Waals surface area contributed by atoms with E-state index in [9.17, 15) is 22.8 Å². The van der Waals surface area contributed by atoms with Crippen molar-refractivity contribution >= 4 is 11.8 Å². The Balaban J connectivity index is 1.23. The zero-order chi connectivity index (χ0) is 31.9. The maximum Gasteiger partial charge on any atom is 0.573 e. The van der Waals surface area contributed by atoms with Gasteiger partial charge in [-0.2, -0.15) is 4.98 Å². The van der Waals surface area contributed by atoms with Crippen LogP contribution in [0.1, 0.15) is 54.6 Å². The van der Waals surface area contributed by atoms with Crippen LogP contribution in [0.2, 0.25) is 0 Å². The highest BCUT2D eigenvalue weighted by Crippen LogP contribution is 2.47. The number of benzene rings is 2. The molecule has 13 heteroatoms. The predicted octanol–water partition coefficient (Wildman–Crippen LogP) is 4.36. The summed E-state index contributed by atoms with van der Waals surface area (Å²) in [6.45, 7) is 8.24. The Bertz CT molecular complexity index is 1570. The Morgan fingerprint density at radius 1 is 1.11 bits per heavy atom. The van der Waals surface area contributed by atoms with Crippen molar-refractivity contribution in [3.05, 3.63) is 64.8 Å². The minimum atomic E-state index is -4.80. The van der Waals surface area contributed by atoms with Gasteiger partial charge in [0.05, 0.1) is 43.7 Å². The summed E-state index contributed by atoms with van der Waals surface area (Å²) in [6.07, 6.45) is -3.58. The first-order chi connectivity index (χ1) is 21.5. The Morgan fingerprint density at radius 3 is 2.60 bits per heavy atom. The molecule has 240 valence electrons. The molecule has 1 N–H and O–H groups in total. The number of nitrogens with zero attached hydrogens (tertiary/aromatic N) is 4. The topological polar surface area (TPSA) is 110 Å². The summed E-state index contributed by atoms with van der Waals surface area (Å²) in [4.78, 5) is 34.7. The molecule has 10 nitrogen and oxygen atoms in total. The highest BCUT2D eigenvalue weighted by molar-refractivity contribution is 5.83. The van der Waals surface area contributed by atoms with Gasteiger partial charge in [0, 0.05) is 19.6 Å². The zero-order valence-corrected chi connectivity index (χ0v) is 25.4. The second kappa shape index (κ2) is 12.4. The Labute approximate surface area is 258 Å². The highest BCUT2D eigenvalue weighted by atomic mass is 19.4. The van der Waals surface area contributed by atoms with Gasteiger partial charge in [-0.25, -0.2) is 0 Å². The summed E-state index contributed by atoms with van der Waals surface area (Å²) in [5.41, 5.74) is 4.22. The normalized spacial score (nSPS) is 23.4. The number of nitrogens with one attached hydrogen (secondary N) is 1. The van der Waals surface area contributed by atoms with Gasteiger partial charge >= 0.3 is 6.36 Å². The second-order valence-electron chi connectivity index (χ2n) is 12.1. The van der Waals surface area contributed by atoms with E-state index < -0.39 is 6.36 Å². The maximum absolute atomic E-state index is 13.4. The molecule has 1 saturated heterocycles. The fourth-order valence-corrected chi connectivity index (χ4v) is 6.53. The molecule has 6 rings (SSSR count). The number of carbonyl (C=O) groups is 2. The van der Waals surface area contributed by atoms with Gasteiger partial charge in [0.15, 0.2) is 5.82 Å². The first kappa shape index (κ1) is 31.0. The van der Waals surface area contributed by atoms with Gasteiger partial charge in [-0.15, -0.1) is 13.2 Å². The maximum atomic E-state index is 13.4. The lowest BCUT2D eigenvalue weighted by Crippen LogP contribution is -2.55. The predicted molar refractivity (Wildman–Crippen MR) is 156 cm³/mol. The van der Waals surface area contributed by atoms with E-state index in [1.54, 1.807) is 13.0 Å². The van der Waals surface area contributed by atoms with Crippen LogP contribution in [-0.4, -0.2) is 76.5 Å². The van der Waals surface area contributed by atoms with E-state index in [0.717, 1.165) is 22.3 Å². The molecule has 2 amide bonds. The molecule has 3 aliphatic rings. The summed E-state index contributed by atoms with van der Waals surface area (Å²) in [5, 5.41) is 6.86. The minimum absolute atomic E-state index is 0.0239. The zero-order valence-electron chi connectivity index (χ0n) is 25.4. The molecular formula is C32H36F3N5O5. The number of fused-ring (bicyclic) bond motifs is 1. The molecule has 1 saturated carbocycles. The van der Waals surface area contributed by atoms with E-state index in [2.05, 4.69) is 25.1 Å². The molecule has 0 spiro atoms. The fraction of sp³-hybridized carbons (Fsp3) is 0.500. The molecule has 2 fully saturated rings.